The largest absolute Gasteiger partial charge is 0.504 e. The summed E-state index contributed by atoms with van der Waals surface area (Å²) in [6, 6.07) is 5.90. The molecule has 0 radical (unpaired) electrons. The molecule has 0 aliphatic heterocycles. The van der Waals surface area contributed by atoms with E-state index in [0.29, 0.717) is 5.56 Å². The van der Waals surface area contributed by atoms with E-state index >= 15 is 0 Å². The first-order valence-corrected chi connectivity index (χ1v) is 7.82. The molecule has 0 aliphatic rings. The summed E-state index contributed by atoms with van der Waals surface area (Å²) in [6.07, 6.45) is 0. The molecule has 0 fully saturated rings. The van der Waals surface area contributed by atoms with Gasteiger partial charge in [-0.05, 0) is 18.2 Å². The van der Waals surface area contributed by atoms with Crippen LogP contribution in [-0.4, -0.2) is 38.7 Å². The van der Waals surface area contributed by atoms with Gasteiger partial charge in [-0.15, -0.1) is 0 Å². The lowest BCUT2D eigenvalue weighted by Gasteiger charge is -2.14. The molecule has 3 aromatic rings. The standard InChI is InChI=1S/C19H18O8/c1-23-11-7-9(5-6-10(11)20)17-19(26-4)16(22)14-12(27-17)8-13(24-2)18(25-3)15(14)21/h5-8,20-21H,1-4H3. The summed E-state index contributed by atoms with van der Waals surface area (Å²) in [5.74, 6) is -0.0604. The molecule has 8 nitrogen and oxygen atoms in total. The van der Waals surface area contributed by atoms with Gasteiger partial charge in [0.25, 0.3) is 0 Å². The molecule has 0 bridgehead atoms. The summed E-state index contributed by atoms with van der Waals surface area (Å²) >= 11 is 0. The van der Waals surface area contributed by atoms with E-state index < -0.39 is 11.2 Å². The number of hydrogen-bond donors (Lipinski definition) is 2. The Kier molecular flexibility index (Phi) is 4.72. The van der Waals surface area contributed by atoms with Gasteiger partial charge in [-0.1, -0.05) is 0 Å². The molecule has 1 heterocycles. The van der Waals surface area contributed by atoms with E-state index in [1.807, 2.05) is 0 Å². The predicted molar refractivity (Wildman–Crippen MR) is 97.5 cm³/mol. The Labute approximate surface area is 154 Å². The van der Waals surface area contributed by atoms with Crippen LogP contribution in [0.5, 0.6) is 34.5 Å². The van der Waals surface area contributed by atoms with Crippen LogP contribution in [0.3, 0.4) is 0 Å². The van der Waals surface area contributed by atoms with Crippen molar-refractivity contribution in [2.75, 3.05) is 28.4 Å². The van der Waals surface area contributed by atoms with Crippen molar-refractivity contribution in [2.45, 2.75) is 0 Å². The van der Waals surface area contributed by atoms with Gasteiger partial charge in [0.05, 0.1) is 28.4 Å². The number of fused-ring (bicyclic) bond motifs is 1. The first-order valence-electron chi connectivity index (χ1n) is 7.82. The molecule has 8 heteroatoms. The zero-order chi connectivity index (χ0) is 19.7. The second-order valence-corrected chi connectivity index (χ2v) is 5.51. The van der Waals surface area contributed by atoms with Gasteiger partial charge in [-0.2, -0.15) is 0 Å². The fourth-order valence-electron chi connectivity index (χ4n) is 2.82. The number of ether oxygens (including phenoxy) is 4. The second-order valence-electron chi connectivity index (χ2n) is 5.51. The van der Waals surface area contributed by atoms with Crippen molar-refractivity contribution in [3.8, 4) is 45.8 Å². The molecule has 0 aliphatic carbocycles. The first kappa shape index (κ1) is 18.2. The average Bonchev–Trinajstić information content (AvgIpc) is 2.67. The van der Waals surface area contributed by atoms with Crippen molar-refractivity contribution < 1.29 is 33.6 Å². The number of methoxy groups -OCH3 is 4. The number of phenols is 2. The van der Waals surface area contributed by atoms with Crippen molar-refractivity contribution in [1.82, 2.24) is 0 Å². The van der Waals surface area contributed by atoms with Gasteiger partial charge in [0.15, 0.2) is 28.8 Å². The zero-order valence-corrected chi connectivity index (χ0v) is 15.2. The lowest BCUT2D eigenvalue weighted by molar-refractivity contribution is 0.334. The van der Waals surface area contributed by atoms with Crippen molar-refractivity contribution in [1.29, 1.82) is 0 Å². The van der Waals surface area contributed by atoms with Crippen LogP contribution in [0, 0.1) is 0 Å². The highest BCUT2D eigenvalue weighted by Crippen LogP contribution is 2.44. The Morgan fingerprint density at radius 2 is 1.52 bits per heavy atom. The second kappa shape index (κ2) is 6.99. The van der Waals surface area contributed by atoms with E-state index in [0.717, 1.165) is 0 Å². The highest BCUT2D eigenvalue weighted by Gasteiger charge is 2.24. The third kappa shape index (κ3) is 2.84. The minimum absolute atomic E-state index is 0.0124. The van der Waals surface area contributed by atoms with Crippen LogP contribution >= 0.6 is 0 Å². The summed E-state index contributed by atoms with van der Waals surface area (Å²) in [5, 5.41) is 20.2. The van der Waals surface area contributed by atoms with E-state index in [4.69, 9.17) is 23.4 Å². The highest BCUT2D eigenvalue weighted by molar-refractivity contribution is 5.91. The van der Waals surface area contributed by atoms with Crippen molar-refractivity contribution in [3.05, 3.63) is 34.5 Å². The predicted octanol–water partition coefficient (Wildman–Crippen LogP) is 2.91. The van der Waals surface area contributed by atoms with Crippen LogP contribution in [0.2, 0.25) is 0 Å². The first-order chi connectivity index (χ1) is 13.0. The quantitative estimate of drug-likeness (QED) is 0.702. The van der Waals surface area contributed by atoms with Crippen LogP contribution in [0.25, 0.3) is 22.3 Å². The molecule has 0 saturated heterocycles. The highest BCUT2D eigenvalue weighted by atomic mass is 16.5. The van der Waals surface area contributed by atoms with Gasteiger partial charge < -0.3 is 33.6 Å². The number of hydrogen-bond acceptors (Lipinski definition) is 8. The Morgan fingerprint density at radius 3 is 2.11 bits per heavy atom. The molecule has 2 aromatic carbocycles. The maximum Gasteiger partial charge on any atom is 0.239 e. The number of rotatable bonds is 5. The molecule has 0 unspecified atom stereocenters. The van der Waals surface area contributed by atoms with Gasteiger partial charge in [-0.25, -0.2) is 0 Å². The fraction of sp³-hybridized carbons (Fsp3) is 0.211. The summed E-state index contributed by atoms with van der Waals surface area (Å²) in [7, 11) is 5.47. The van der Waals surface area contributed by atoms with Crippen LogP contribution in [0.4, 0.5) is 0 Å². The molecule has 3 rings (SSSR count). The summed E-state index contributed by atoms with van der Waals surface area (Å²) in [4.78, 5) is 12.9. The Bertz CT molecular complexity index is 1070. The molecule has 0 amide bonds. The smallest absolute Gasteiger partial charge is 0.239 e. The Balaban J connectivity index is 2.40. The molecule has 2 N–H and O–H groups in total. The maximum absolute atomic E-state index is 12.9. The number of phenolic OH excluding ortho intramolecular Hbond substituents is 2. The molecule has 142 valence electrons. The SMILES string of the molecule is COc1cc(-c2oc3cc(OC)c(OC)c(O)c3c(=O)c2OC)ccc1O. The Morgan fingerprint density at radius 1 is 0.852 bits per heavy atom. The van der Waals surface area contributed by atoms with E-state index in [1.54, 1.807) is 6.07 Å². The average molecular weight is 374 g/mol. The summed E-state index contributed by atoms with van der Waals surface area (Å²) < 4.78 is 26.5. The molecule has 1 aromatic heterocycles. The summed E-state index contributed by atoms with van der Waals surface area (Å²) in [5.41, 5.74) is -0.0630. The number of benzene rings is 2. The van der Waals surface area contributed by atoms with Gasteiger partial charge in [0, 0.05) is 11.6 Å². The molecule has 27 heavy (non-hydrogen) atoms. The van der Waals surface area contributed by atoms with E-state index in [2.05, 4.69) is 0 Å². The van der Waals surface area contributed by atoms with Gasteiger partial charge >= 0.3 is 0 Å². The van der Waals surface area contributed by atoms with Crippen molar-refractivity contribution >= 4 is 11.0 Å². The third-order valence-corrected chi connectivity index (χ3v) is 4.11. The molecule has 0 spiro atoms. The lowest BCUT2D eigenvalue weighted by Crippen LogP contribution is -2.08. The van der Waals surface area contributed by atoms with E-state index in [9.17, 15) is 15.0 Å². The Hall–Kier alpha value is -3.55. The van der Waals surface area contributed by atoms with Crippen molar-refractivity contribution in [3.63, 3.8) is 0 Å². The maximum atomic E-state index is 12.9. The van der Waals surface area contributed by atoms with E-state index in [1.165, 1.54) is 46.6 Å². The van der Waals surface area contributed by atoms with Crippen LogP contribution in [0.15, 0.2) is 33.5 Å². The van der Waals surface area contributed by atoms with Crippen LogP contribution in [-0.2, 0) is 0 Å². The van der Waals surface area contributed by atoms with Gasteiger partial charge in [0.2, 0.25) is 16.9 Å². The normalized spacial score (nSPS) is 10.7. The number of aromatic hydroxyl groups is 2. The summed E-state index contributed by atoms with van der Waals surface area (Å²) in [6.45, 7) is 0. The van der Waals surface area contributed by atoms with E-state index in [-0.39, 0.29) is 45.5 Å². The molecule has 0 atom stereocenters. The van der Waals surface area contributed by atoms with Crippen LogP contribution in [0.1, 0.15) is 0 Å². The third-order valence-electron chi connectivity index (χ3n) is 4.11. The molecule has 0 saturated carbocycles. The molecular weight excluding hydrogens is 356 g/mol. The van der Waals surface area contributed by atoms with Gasteiger partial charge in [0.1, 0.15) is 11.0 Å². The topological polar surface area (TPSA) is 108 Å². The molecular formula is C19H18O8. The minimum Gasteiger partial charge on any atom is -0.504 e. The minimum atomic E-state index is -0.584. The lowest BCUT2D eigenvalue weighted by atomic mass is 10.1. The fourth-order valence-corrected chi connectivity index (χ4v) is 2.82. The van der Waals surface area contributed by atoms with Gasteiger partial charge in [-0.3, -0.25) is 4.79 Å². The van der Waals surface area contributed by atoms with Crippen molar-refractivity contribution in [2.24, 2.45) is 0 Å². The monoisotopic (exact) mass is 374 g/mol. The van der Waals surface area contributed by atoms with Crippen LogP contribution < -0.4 is 24.4 Å². The zero-order valence-electron chi connectivity index (χ0n) is 15.2.